The molecule has 1 atom stereocenters. The molecule has 0 heterocycles. The summed E-state index contributed by atoms with van der Waals surface area (Å²) in [4.78, 5) is 8.08. The van der Waals surface area contributed by atoms with Crippen LogP contribution in [0.4, 0.5) is 0 Å². The van der Waals surface area contributed by atoms with Crippen LogP contribution in [0.25, 0.3) is 0 Å². The standard InChI is InChI=1S/CH4BrO3P/c1-5-6(2,3)4/h1H3,(H,3,4). The first-order chi connectivity index (χ1) is 2.56. The molecule has 0 rings (SSSR count). The predicted octanol–water partition coefficient (Wildman–Crippen LogP) is 1.13. The van der Waals surface area contributed by atoms with Crippen molar-refractivity contribution in [3.63, 3.8) is 0 Å². The lowest BCUT2D eigenvalue weighted by Crippen LogP contribution is -1.67. The van der Waals surface area contributed by atoms with E-state index >= 15 is 0 Å². The maximum Gasteiger partial charge on any atom is 0.393 e. The highest BCUT2D eigenvalue weighted by Gasteiger charge is 2.06. The van der Waals surface area contributed by atoms with Gasteiger partial charge in [0.25, 0.3) is 0 Å². The molecular formula is CH4BrO3P. The summed E-state index contributed by atoms with van der Waals surface area (Å²) in [6.07, 6.45) is -3.33. The molecule has 1 N–H and O–H groups in total. The molecule has 0 aromatic carbocycles. The van der Waals surface area contributed by atoms with Crippen molar-refractivity contribution in [1.82, 2.24) is 0 Å². The molecule has 6 heavy (non-hydrogen) atoms. The molecule has 3 nitrogen and oxygen atoms in total. The average molecular weight is 175 g/mol. The van der Waals surface area contributed by atoms with E-state index < -0.39 is 6.30 Å². The number of rotatable bonds is 1. The monoisotopic (exact) mass is 174 g/mol. The van der Waals surface area contributed by atoms with Gasteiger partial charge in [-0.25, -0.2) is 4.57 Å². The van der Waals surface area contributed by atoms with E-state index in [2.05, 4.69) is 20.0 Å². The van der Waals surface area contributed by atoms with Crippen LogP contribution in [0.1, 0.15) is 0 Å². The van der Waals surface area contributed by atoms with E-state index in [0.717, 1.165) is 7.11 Å². The fourth-order valence-corrected chi connectivity index (χ4v) is 0. The highest BCUT2D eigenvalue weighted by molar-refractivity contribution is 9.39. The van der Waals surface area contributed by atoms with E-state index in [1.165, 1.54) is 0 Å². The van der Waals surface area contributed by atoms with Gasteiger partial charge in [-0.1, -0.05) is 0 Å². The Morgan fingerprint density at radius 1 is 2.00 bits per heavy atom. The zero-order valence-corrected chi connectivity index (χ0v) is 5.57. The molecule has 0 aliphatic heterocycles. The Morgan fingerprint density at radius 2 is 2.17 bits per heavy atom. The molecule has 1 unspecified atom stereocenters. The van der Waals surface area contributed by atoms with Crippen molar-refractivity contribution in [3.8, 4) is 0 Å². The Kier molecular flexibility index (Phi) is 2.29. The Hall–Kier alpha value is 0.630. The molecule has 0 aromatic rings. The van der Waals surface area contributed by atoms with Gasteiger partial charge in [-0.15, -0.1) is 0 Å². The second-order valence-corrected chi connectivity index (χ2v) is 4.59. The summed E-state index contributed by atoms with van der Waals surface area (Å²) in [7, 11) is 1.15. The second kappa shape index (κ2) is 2.07. The van der Waals surface area contributed by atoms with Gasteiger partial charge in [-0.3, -0.25) is 0 Å². The fraction of sp³-hybridized carbons (Fsp3) is 1.00. The largest absolute Gasteiger partial charge is 0.393 e. The Bertz CT molecular complexity index is 74.9. The van der Waals surface area contributed by atoms with Gasteiger partial charge in [0.05, 0.1) is 0 Å². The minimum absolute atomic E-state index is 1.15. The smallest absolute Gasteiger partial charge is 0.316 e. The molecule has 0 aliphatic rings. The highest BCUT2D eigenvalue weighted by Crippen LogP contribution is 2.48. The zero-order valence-electron chi connectivity index (χ0n) is 3.09. The van der Waals surface area contributed by atoms with Crippen molar-refractivity contribution in [2.75, 3.05) is 7.11 Å². The zero-order chi connectivity index (χ0) is 5.21. The summed E-state index contributed by atoms with van der Waals surface area (Å²) in [5.41, 5.74) is 0. The van der Waals surface area contributed by atoms with Crippen LogP contribution >= 0.6 is 21.8 Å². The summed E-state index contributed by atoms with van der Waals surface area (Å²) in [6, 6.07) is 0. The molecule has 0 spiro atoms. The lowest BCUT2D eigenvalue weighted by molar-refractivity contribution is 0.338. The Morgan fingerprint density at radius 3 is 2.17 bits per heavy atom. The molecule has 0 bridgehead atoms. The Balaban J connectivity index is 3.48. The van der Waals surface area contributed by atoms with Crippen LogP contribution in [0, 0.1) is 0 Å². The lowest BCUT2D eigenvalue weighted by Gasteiger charge is -1.93. The average Bonchev–Trinajstić information content (AvgIpc) is 1.35. The predicted molar refractivity (Wildman–Crippen MR) is 25.8 cm³/mol. The van der Waals surface area contributed by atoms with Crippen molar-refractivity contribution in [2.45, 2.75) is 0 Å². The van der Waals surface area contributed by atoms with E-state index in [1.807, 2.05) is 0 Å². The fourth-order valence-electron chi connectivity index (χ4n) is 0. The van der Waals surface area contributed by atoms with Gasteiger partial charge >= 0.3 is 6.30 Å². The van der Waals surface area contributed by atoms with Gasteiger partial charge in [-0.2, -0.15) is 0 Å². The van der Waals surface area contributed by atoms with Crippen molar-refractivity contribution in [2.24, 2.45) is 0 Å². The molecule has 0 fully saturated rings. The van der Waals surface area contributed by atoms with Crippen molar-refractivity contribution < 1.29 is 14.0 Å². The summed E-state index contributed by atoms with van der Waals surface area (Å²) in [5.74, 6) is 0. The first kappa shape index (κ1) is 6.63. The van der Waals surface area contributed by atoms with Gasteiger partial charge in [0, 0.05) is 22.6 Å². The summed E-state index contributed by atoms with van der Waals surface area (Å²) >= 11 is 2.37. The van der Waals surface area contributed by atoms with Gasteiger partial charge in [0.2, 0.25) is 0 Å². The number of halogens is 1. The van der Waals surface area contributed by atoms with Crippen LogP contribution in [-0.4, -0.2) is 12.0 Å². The summed E-state index contributed by atoms with van der Waals surface area (Å²) in [6.45, 7) is 0. The lowest BCUT2D eigenvalue weighted by atomic mass is 11.8. The van der Waals surface area contributed by atoms with Crippen LogP contribution in [0.5, 0.6) is 0 Å². The minimum atomic E-state index is -3.33. The van der Waals surface area contributed by atoms with Gasteiger partial charge in [0.1, 0.15) is 0 Å². The Labute approximate surface area is 43.6 Å². The first-order valence-electron chi connectivity index (χ1n) is 1.14. The van der Waals surface area contributed by atoms with Crippen LogP contribution < -0.4 is 0 Å². The molecular weight excluding hydrogens is 171 g/mol. The molecule has 5 heteroatoms. The third-order valence-corrected chi connectivity index (χ3v) is 1.54. The van der Waals surface area contributed by atoms with Crippen LogP contribution in [0.3, 0.4) is 0 Å². The summed E-state index contributed by atoms with van der Waals surface area (Å²) < 4.78 is 13.8. The van der Waals surface area contributed by atoms with E-state index in [0.29, 0.717) is 0 Å². The SMILES string of the molecule is COP(=O)(O)Br. The molecule has 0 radical (unpaired) electrons. The second-order valence-electron chi connectivity index (χ2n) is 0.634. The van der Waals surface area contributed by atoms with Gasteiger partial charge in [0.15, 0.2) is 0 Å². The number of hydrogen-bond donors (Lipinski definition) is 1. The third-order valence-electron chi connectivity index (χ3n) is 0.225. The van der Waals surface area contributed by atoms with Crippen LogP contribution in [-0.2, 0) is 9.09 Å². The minimum Gasteiger partial charge on any atom is -0.316 e. The quantitative estimate of drug-likeness (QED) is 0.607. The summed E-state index contributed by atoms with van der Waals surface area (Å²) in [5, 5.41) is 0. The third kappa shape index (κ3) is 4.63. The molecule has 38 valence electrons. The number of hydrogen-bond acceptors (Lipinski definition) is 2. The van der Waals surface area contributed by atoms with Crippen molar-refractivity contribution in [3.05, 3.63) is 0 Å². The highest BCUT2D eigenvalue weighted by atomic mass is 79.9. The molecule has 0 saturated carbocycles. The molecule has 0 amide bonds. The first-order valence-corrected chi connectivity index (χ1v) is 4.74. The van der Waals surface area contributed by atoms with Crippen molar-refractivity contribution in [1.29, 1.82) is 0 Å². The maximum absolute atomic E-state index is 9.83. The van der Waals surface area contributed by atoms with Crippen LogP contribution in [0.15, 0.2) is 0 Å². The van der Waals surface area contributed by atoms with Gasteiger partial charge < -0.3 is 9.42 Å². The normalized spacial score (nSPS) is 19.8. The molecule has 0 aromatic heterocycles. The molecule has 0 saturated heterocycles. The van der Waals surface area contributed by atoms with E-state index in [1.54, 1.807) is 0 Å². The van der Waals surface area contributed by atoms with E-state index in [9.17, 15) is 4.57 Å². The maximum atomic E-state index is 9.83. The van der Waals surface area contributed by atoms with E-state index in [4.69, 9.17) is 4.89 Å². The van der Waals surface area contributed by atoms with E-state index in [-0.39, 0.29) is 0 Å². The van der Waals surface area contributed by atoms with Crippen LogP contribution in [0.2, 0.25) is 0 Å². The molecule has 0 aliphatic carbocycles. The van der Waals surface area contributed by atoms with Gasteiger partial charge in [-0.05, 0) is 0 Å². The topological polar surface area (TPSA) is 46.5 Å². The van der Waals surface area contributed by atoms with Crippen molar-refractivity contribution >= 4 is 21.8 Å².